The predicted octanol–water partition coefficient (Wildman–Crippen LogP) is 1.33. The monoisotopic (exact) mass is 218 g/mol. The van der Waals surface area contributed by atoms with Crippen molar-refractivity contribution < 1.29 is 15.0 Å². The second kappa shape index (κ2) is 3.98. The molecule has 83 valence electrons. The Balaban J connectivity index is 2.71. The molecule has 0 unspecified atom stereocenters. The molecule has 1 radical (unpaired) electrons. The van der Waals surface area contributed by atoms with E-state index in [0.717, 1.165) is 22.2 Å². The van der Waals surface area contributed by atoms with Crippen LogP contribution >= 0.6 is 0 Å². The van der Waals surface area contributed by atoms with Gasteiger partial charge in [0.05, 0.1) is 6.61 Å². The predicted molar refractivity (Wildman–Crippen MR) is 59.1 cm³/mol. The molecule has 1 aromatic carbocycles. The van der Waals surface area contributed by atoms with Crippen LogP contribution in [0.5, 0.6) is 0 Å². The molecule has 4 heteroatoms. The molecule has 2 aromatic rings. The van der Waals surface area contributed by atoms with E-state index in [9.17, 15) is 9.90 Å². The molecule has 1 aromatic heterocycles. The minimum atomic E-state index is -0.895. The molecule has 0 aliphatic heterocycles. The van der Waals surface area contributed by atoms with Crippen LogP contribution in [0.2, 0.25) is 0 Å². The lowest BCUT2D eigenvalue weighted by Gasteiger charge is -2.04. The Bertz CT molecular complexity index is 542. The van der Waals surface area contributed by atoms with E-state index in [2.05, 4.69) is 6.07 Å². The molecule has 0 bridgehead atoms. The van der Waals surface area contributed by atoms with Gasteiger partial charge in [-0.3, -0.25) is 4.79 Å². The highest BCUT2D eigenvalue weighted by Crippen LogP contribution is 2.25. The molecule has 0 fully saturated rings. The molecule has 0 aliphatic carbocycles. The van der Waals surface area contributed by atoms with Gasteiger partial charge in [0.25, 0.3) is 0 Å². The number of hydrogen-bond acceptors (Lipinski definition) is 2. The summed E-state index contributed by atoms with van der Waals surface area (Å²) in [6.45, 7) is 1.61. The van der Waals surface area contributed by atoms with Crippen LogP contribution in [0.25, 0.3) is 10.9 Å². The third-order valence-electron chi connectivity index (χ3n) is 2.72. The molecule has 0 saturated carbocycles. The average molecular weight is 218 g/mol. The van der Waals surface area contributed by atoms with Gasteiger partial charge in [-0.15, -0.1) is 0 Å². The van der Waals surface area contributed by atoms with Crippen LogP contribution in [0.3, 0.4) is 0 Å². The average Bonchev–Trinajstić information content (AvgIpc) is 2.52. The molecule has 0 amide bonds. The van der Waals surface area contributed by atoms with Crippen molar-refractivity contribution in [3.63, 3.8) is 0 Å². The largest absolute Gasteiger partial charge is 0.480 e. The topological polar surface area (TPSA) is 62.5 Å². The SMILES string of the molecule is Cc1c(CO)c2[c]cccc2n1CC(=O)O. The van der Waals surface area contributed by atoms with Crippen LogP contribution in [-0.4, -0.2) is 20.7 Å². The van der Waals surface area contributed by atoms with Gasteiger partial charge in [-0.25, -0.2) is 0 Å². The van der Waals surface area contributed by atoms with Crippen molar-refractivity contribution in [1.29, 1.82) is 0 Å². The second-order valence-corrected chi connectivity index (χ2v) is 3.63. The summed E-state index contributed by atoms with van der Waals surface area (Å²) < 4.78 is 1.68. The molecule has 2 rings (SSSR count). The number of carbonyl (C=O) groups is 1. The lowest BCUT2D eigenvalue weighted by molar-refractivity contribution is -0.137. The zero-order chi connectivity index (χ0) is 11.7. The number of aliphatic hydroxyl groups excluding tert-OH is 1. The summed E-state index contributed by atoms with van der Waals surface area (Å²) in [7, 11) is 0. The molecule has 0 spiro atoms. The number of nitrogens with zero attached hydrogens (tertiary/aromatic N) is 1. The van der Waals surface area contributed by atoms with E-state index in [1.54, 1.807) is 16.7 Å². The molecule has 16 heavy (non-hydrogen) atoms. The van der Waals surface area contributed by atoms with E-state index >= 15 is 0 Å². The Hall–Kier alpha value is -1.81. The van der Waals surface area contributed by atoms with Crippen molar-refractivity contribution >= 4 is 16.9 Å². The number of hydrogen-bond donors (Lipinski definition) is 2. The van der Waals surface area contributed by atoms with Gasteiger partial charge >= 0.3 is 5.97 Å². The summed E-state index contributed by atoms with van der Waals surface area (Å²) >= 11 is 0. The third-order valence-corrected chi connectivity index (χ3v) is 2.72. The number of aromatic nitrogens is 1. The van der Waals surface area contributed by atoms with Crippen molar-refractivity contribution in [3.8, 4) is 0 Å². The van der Waals surface area contributed by atoms with Gasteiger partial charge in [0.15, 0.2) is 0 Å². The Kier molecular flexibility index (Phi) is 2.66. The summed E-state index contributed by atoms with van der Waals surface area (Å²) in [5.74, 6) is -0.895. The smallest absolute Gasteiger partial charge is 0.323 e. The van der Waals surface area contributed by atoms with Crippen LogP contribution in [0.1, 0.15) is 11.3 Å². The van der Waals surface area contributed by atoms with Gasteiger partial charge < -0.3 is 14.8 Å². The molecular weight excluding hydrogens is 206 g/mol. The van der Waals surface area contributed by atoms with E-state index in [0.29, 0.717) is 0 Å². The summed E-state index contributed by atoms with van der Waals surface area (Å²) in [5.41, 5.74) is 2.32. The normalized spacial score (nSPS) is 10.9. The first-order valence-electron chi connectivity index (χ1n) is 4.96. The molecule has 0 atom stereocenters. The fourth-order valence-corrected chi connectivity index (χ4v) is 1.95. The summed E-state index contributed by atoms with van der Waals surface area (Å²) in [6, 6.07) is 8.43. The van der Waals surface area contributed by atoms with Gasteiger partial charge in [0, 0.05) is 22.2 Å². The minimum absolute atomic E-state index is 0.0970. The van der Waals surface area contributed by atoms with Crippen molar-refractivity contribution in [2.45, 2.75) is 20.1 Å². The maximum Gasteiger partial charge on any atom is 0.323 e. The highest BCUT2D eigenvalue weighted by Gasteiger charge is 2.14. The Morgan fingerprint density at radius 2 is 2.31 bits per heavy atom. The number of benzene rings is 1. The number of rotatable bonds is 3. The number of fused-ring (bicyclic) bond motifs is 1. The van der Waals surface area contributed by atoms with Crippen LogP contribution in [0.4, 0.5) is 0 Å². The van der Waals surface area contributed by atoms with E-state index in [1.165, 1.54) is 0 Å². The van der Waals surface area contributed by atoms with E-state index in [1.807, 2.05) is 13.0 Å². The molecular formula is C12H12NO3. The maximum atomic E-state index is 10.8. The fourth-order valence-electron chi connectivity index (χ4n) is 1.95. The molecule has 0 aliphatic rings. The quantitative estimate of drug-likeness (QED) is 0.816. The van der Waals surface area contributed by atoms with Gasteiger partial charge in [0.1, 0.15) is 6.54 Å². The number of carboxylic acids is 1. The minimum Gasteiger partial charge on any atom is -0.480 e. The second-order valence-electron chi connectivity index (χ2n) is 3.63. The van der Waals surface area contributed by atoms with E-state index in [4.69, 9.17) is 5.11 Å². The van der Waals surface area contributed by atoms with E-state index < -0.39 is 5.97 Å². The zero-order valence-electron chi connectivity index (χ0n) is 8.90. The molecule has 1 heterocycles. The Labute approximate surface area is 92.7 Å². The Morgan fingerprint density at radius 3 is 2.94 bits per heavy atom. The van der Waals surface area contributed by atoms with Crippen molar-refractivity contribution in [2.24, 2.45) is 0 Å². The van der Waals surface area contributed by atoms with Gasteiger partial charge in [-0.2, -0.15) is 0 Å². The summed E-state index contributed by atoms with van der Waals surface area (Å²) in [5, 5.41) is 18.9. The fraction of sp³-hybridized carbons (Fsp3) is 0.250. The first-order valence-corrected chi connectivity index (χ1v) is 4.96. The number of aliphatic hydroxyl groups is 1. The first kappa shape index (κ1) is 10.7. The van der Waals surface area contributed by atoms with Crippen LogP contribution < -0.4 is 0 Å². The molecule has 2 N–H and O–H groups in total. The standard InChI is InChI=1S/C12H12NO3/c1-8-10(7-14)9-4-2-3-5-11(9)13(8)6-12(15)16/h2-3,5,14H,6-7H2,1H3,(H,15,16). The Morgan fingerprint density at radius 1 is 1.56 bits per heavy atom. The molecule has 4 nitrogen and oxygen atoms in total. The number of carboxylic acid groups (broad SMARTS) is 1. The van der Waals surface area contributed by atoms with Gasteiger partial charge in [-0.05, 0) is 19.1 Å². The number of aliphatic carboxylic acids is 1. The van der Waals surface area contributed by atoms with Crippen molar-refractivity contribution in [3.05, 3.63) is 35.5 Å². The van der Waals surface area contributed by atoms with Gasteiger partial charge in [-0.1, -0.05) is 12.1 Å². The maximum absolute atomic E-state index is 10.8. The first-order chi connectivity index (χ1) is 7.65. The lowest BCUT2D eigenvalue weighted by Crippen LogP contribution is -2.10. The lowest BCUT2D eigenvalue weighted by atomic mass is 10.1. The van der Waals surface area contributed by atoms with Crippen LogP contribution in [-0.2, 0) is 17.9 Å². The zero-order valence-corrected chi connectivity index (χ0v) is 8.90. The molecule has 0 saturated heterocycles. The summed E-state index contributed by atoms with van der Waals surface area (Å²) in [4.78, 5) is 10.8. The van der Waals surface area contributed by atoms with Gasteiger partial charge in [0.2, 0.25) is 0 Å². The highest BCUT2D eigenvalue weighted by molar-refractivity contribution is 5.86. The third kappa shape index (κ3) is 1.57. The van der Waals surface area contributed by atoms with E-state index in [-0.39, 0.29) is 13.2 Å². The van der Waals surface area contributed by atoms with Crippen molar-refractivity contribution in [1.82, 2.24) is 4.57 Å². The van der Waals surface area contributed by atoms with Crippen molar-refractivity contribution in [2.75, 3.05) is 0 Å². The highest BCUT2D eigenvalue weighted by atomic mass is 16.4. The van der Waals surface area contributed by atoms with Crippen LogP contribution in [0, 0.1) is 13.0 Å². The summed E-state index contributed by atoms with van der Waals surface area (Å²) in [6.07, 6.45) is 0. The van der Waals surface area contributed by atoms with Crippen LogP contribution in [0.15, 0.2) is 18.2 Å².